The number of carbonyl (C=O) groups excluding carboxylic acids is 1. The zero-order valence-corrected chi connectivity index (χ0v) is 17.4. The van der Waals surface area contributed by atoms with Crippen molar-refractivity contribution in [3.8, 4) is 0 Å². The van der Waals surface area contributed by atoms with Crippen molar-refractivity contribution in [2.45, 2.75) is 44.6 Å². The maximum absolute atomic E-state index is 13.2. The zero-order valence-electron chi connectivity index (χ0n) is 17.4. The van der Waals surface area contributed by atoms with Gasteiger partial charge in [-0.15, -0.1) is 0 Å². The minimum Gasteiger partial charge on any atom is -0.399 e. The molecule has 1 spiro atoms. The van der Waals surface area contributed by atoms with Crippen LogP contribution in [0.4, 0.5) is 11.5 Å². The molecule has 3 aromatic rings. The molecule has 5 rings (SSSR count). The van der Waals surface area contributed by atoms with Crippen molar-refractivity contribution in [2.75, 3.05) is 30.3 Å². The Kier molecular flexibility index (Phi) is 4.60. The van der Waals surface area contributed by atoms with Crippen LogP contribution in [0, 0.1) is 0 Å². The van der Waals surface area contributed by atoms with Gasteiger partial charge >= 0.3 is 0 Å². The lowest BCUT2D eigenvalue weighted by molar-refractivity contribution is 0.0624. The minimum absolute atomic E-state index is 0.0894. The molecule has 3 N–H and O–H groups in total. The molecule has 0 atom stereocenters. The number of aromatic amines is 1. The molecule has 2 fully saturated rings. The predicted octanol–water partition coefficient (Wildman–Crippen LogP) is 3.38. The number of nitrogens with two attached hydrogens (primary N) is 1. The van der Waals surface area contributed by atoms with Gasteiger partial charge in [-0.2, -0.15) is 0 Å². The smallest absolute Gasteiger partial charge is 0.254 e. The number of H-pyrrole nitrogens is 1. The second-order valence-electron chi connectivity index (χ2n) is 8.53. The van der Waals surface area contributed by atoms with Crippen LogP contribution in [0.15, 0.2) is 36.5 Å². The predicted molar refractivity (Wildman–Crippen MR) is 119 cm³/mol. The van der Waals surface area contributed by atoms with Crippen molar-refractivity contribution >= 4 is 28.4 Å². The summed E-state index contributed by atoms with van der Waals surface area (Å²) >= 11 is 0. The van der Waals surface area contributed by atoms with Gasteiger partial charge in [0, 0.05) is 43.5 Å². The number of nitrogen functional groups attached to an aromatic ring is 1. The molecule has 0 bridgehead atoms. The Morgan fingerprint density at radius 2 is 1.97 bits per heavy atom. The van der Waals surface area contributed by atoms with E-state index in [0.717, 1.165) is 67.9 Å². The van der Waals surface area contributed by atoms with Crippen LogP contribution in [-0.2, 0) is 6.42 Å². The lowest BCUT2D eigenvalue weighted by atomic mass is 10.1. The molecule has 0 unspecified atom stereocenters. The number of benzene rings is 1. The van der Waals surface area contributed by atoms with Crippen LogP contribution < -0.4 is 10.6 Å². The number of aryl methyl sites for hydroxylation is 1. The Labute approximate surface area is 176 Å². The normalized spacial score (nSPS) is 17.6. The average molecular weight is 405 g/mol. The first-order valence-electron chi connectivity index (χ1n) is 10.9. The fourth-order valence-corrected chi connectivity index (χ4v) is 4.49. The molecule has 0 radical (unpaired) electrons. The van der Waals surface area contributed by atoms with E-state index >= 15 is 0 Å². The molecule has 7 nitrogen and oxygen atoms in total. The van der Waals surface area contributed by atoms with Gasteiger partial charge in [-0.05, 0) is 49.6 Å². The van der Waals surface area contributed by atoms with Crippen LogP contribution in [0.2, 0.25) is 0 Å². The largest absolute Gasteiger partial charge is 0.399 e. The second-order valence-corrected chi connectivity index (χ2v) is 8.53. The third-order valence-corrected chi connectivity index (χ3v) is 6.38. The molecule has 1 aliphatic heterocycles. The van der Waals surface area contributed by atoms with Crippen LogP contribution in [0.5, 0.6) is 0 Å². The number of amides is 1. The van der Waals surface area contributed by atoms with Crippen LogP contribution in [0.3, 0.4) is 0 Å². The van der Waals surface area contributed by atoms with E-state index < -0.39 is 0 Å². The number of unbranched alkanes of at least 4 members (excludes halogenated alkanes) is 1. The molecule has 2 aromatic heterocycles. The molecule has 1 amide bonds. The summed E-state index contributed by atoms with van der Waals surface area (Å²) in [5.41, 5.74) is 7.98. The van der Waals surface area contributed by atoms with Gasteiger partial charge in [0.05, 0.1) is 10.9 Å². The number of aromatic nitrogens is 3. The minimum atomic E-state index is -0.0894. The number of piperazine rings is 1. The van der Waals surface area contributed by atoms with Gasteiger partial charge in [0.25, 0.3) is 5.91 Å². The molecule has 1 aromatic carbocycles. The number of carbonyl (C=O) groups is 1. The number of hydrogen-bond donors (Lipinski definition) is 2. The molecule has 1 saturated carbocycles. The summed E-state index contributed by atoms with van der Waals surface area (Å²) < 4.78 is 0. The number of hydrogen-bond acceptors (Lipinski definition) is 5. The van der Waals surface area contributed by atoms with E-state index in [4.69, 9.17) is 15.7 Å². The summed E-state index contributed by atoms with van der Waals surface area (Å²) in [6.45, 7) is 4.47. The fraction of sp³-hybridized carbons (Fsp3) is 0.435. The van der Waals surface area contributed by atoms with Crippen molar-refractivity contribution in [3.05, 3.63) is 47.9 Å². The zero-order chi connectivity index (χ0) is 20.7. The first-order chi connectivity index (χ1) is 14.6. The van der Waals surface area contributed by atoms with Gasteiger partial charge in [-0.25, -0.2) is 9.97 Å². The van der Waals surface area contributed by atoms with Crippen molar-refractivity contribution in [3.63, 3.8) is 0 Å². The highest BCUT2D eigenvalue weighted by Crippen LogP contribution is 2.46. The number of nitrogens with one attached hydrogen (secondary N) is 1. The SMILES string of the molecule is CCCCc1nc(N2CCN(C(=O)c3ccc(N)cc3)C3(CC3)C2)c2cc[nH]c2n1. The van der Waals surface area contributed by atoms with E-state index in [1.54, 1.807) is 12.1 Å². The highest BCUT2D eigenvalue weighted by Gasteiger charge is 2.53. The van der Waals surface area contributed by atoms with E-state index in [1.165, 1.54) is 0 Å². The molecule has 1 saturated heterocycles. The van der Waals surface area contributed by atoms with E-state index in [2.05, 4.69) is 27.8 Å². The number of anilines is 2. The Balaban J connectivity index is 1.41. The average Bonchev–Trinajstić information content (AvgIpc) is 3.34. The fourth-order valence-electron chi connectivity index (χ4n) is 4.49. The topological polar surface area (TPSA) is 91.1 Å². The third-order valence-electron chi connectivity index (χ3n) is 6.38. The quantitative estimate of drug-likeness (QED) is 0.636. The first-order valence-corrected chi connectivity index (χ1v) is 10.9. The summed E-state index contributed by atoms with van der Waals surface area (Å²) in [4.78, 5) is 30.5. The van der Waals surface area contributed by atoms with Gasteiger partial charge < -0.3 is 20.5 Å². The van der Waals surface area contributed by atoms with Crippen molar-refractivity contribution in [1.29, 1.82) is 0 Å². The standard InChI is InChI=1S/C23H28N6O/c1-2-3-4-19-26-20-18(9-12-25-20)21(27-19)28-13-14-29(23(15-28)10-11-23)22(30)16-5-7-17(24)8-6-16/h5-9,12H,2-4,10-11,13-15,24H2,1H3,(H,25,26,27). The van der Waals surface area contributed by atoms with Crippen LogP contribution in [0.25, 0.3) is 11.0 Å². The summed E-state index contributed by atoms with van der Waals surface area (Å²) in [5.74, 6) is 2.00. The highest BCUT2D eigenvalue weighted by molar-refractivity contribution is 5.96. The van der Waals surface area contributed by atoms with E-state index in [0.29, 0.717) is 17.8 Å². The van der Waals surface area contributed by atoms with Crippen LogP contribution in [0.1, 0.15) is 48.8 Å². The Bertz CT molecular complexity index is 1070. The molecule has 30 heavy (non-hydrogen) atoms. The van der Waals surface area contributed by atoms with Crippen molar-refractivity contribution < 1.29 is 4.79 Å². The maximum atomic E-state index is 13.2. The lowest BCUT2D eigenvalue weighted by Crippen LogP contribution is -2.57. The van der Waals surface area contributed by atoms with Gasteiger partial charge in [0.1, 0.15) is 17.3 Å². The van der Waals surface area contributed by atoms with E-state index in [1.807, 2.05) is 18.3 Å². The number of fused-ring (bicyclic) bond motifs is 1. The van der Waals surface area contributed by atoms with Gasteiger partial charge in [0.2, 0.25) is 0 Å². The first kappa shape index (κ1) is 18.9. The maximum Gasteiger partial charge on any atom is 0.254 e. The molecule has 156 valence electrons. The molecule has 2 aliphatic rings. The highest BCUT2D eigenvalue weighted by atomic mass is 16.2. The van der Waals surface area contributed by atoms with Gasteiger partial charge in [-0.3, -0.25) is 4.79 Å². The number of rotatable bonds is 5. The molecule has 3 heterocycles. The van der Waals surface area contributed by atoms with E-state index in [9.17, 15) is 4.79 Å². The van der Waals surface area contributed by atoms with Crippen LogP contribution >= 0.6 is 0 Å². The van der Waals surface area contributed by atoms with Gasteiger partial charge in [0.15, 0.2) is 0 Å². The molecular weight excluding hydrogens is 376 g/mol. The monoisotopic (exact) mass is 404 g/mol. The lowest BCUT2D eigenvalue weighted by Gasteiger charge is -2.43. The Morgan fingerprint density at radius 3 is 2.70 bits per heavy atom. The summed E-state index contributed by atoms with van der Waals surface area (Å²) in [6.07, 6.45) is 7.10. The number of nitrogens with zero attached hydrogens (tertiary/aromatic N) is 4. The van der Waals surface area contributed by atoms with Crippen molar-refractivity contribution in [1.82, 2.24) is 19.9 Å². The molecule has 1 aliphatic carbocycles. The third kappa shape index (κ3) is 3.28. The van der Waals surface area contributed by atoms with Crippen LogP contribution in [-0.4, -0.2) is 50.9 Å². The Morgan fingerprint density at radius 1 is 1.17 bits per heavy atom. The molecule has 7 heteroatoms. The Hall–Kier alpha value is -3.09. The van der Waals surface area contributed by atoms with Crippen molar-refractivity contribution in [2.24, 2.45) is 0 Å². The second kappa shape index (κ2) is 7.31. The van der Waals surface area contributed by atoms with E-state index in [-0.39, 0.29) is 11.4 Å². The molecular formula is C23H28N6O. The summed E-state index contributed by atoms with van der Waals surface area (Å²) in [6, 6.07) is 9.30. The summed E-state index contributed by atoms with van der Waals surface area (Å²) in [7, 11) is 0. The summed E-state index contributed by atoms with van der Waals surface area (Å²) in [5, 5.41) is 1.06. The van der Waals surface area contributed by atoms with Gasteiger partial charge in [-0.1, -0.05) is 13.3 Å².